The van der Waals surface area contributed by atoms with Crippen molar-refractivity contribution in [1.82, 2.24) is 15.4 Å². The molecule has 0 aliphatic carbocycles. The quantitative estimate of drug-likeness (QED) is 0.807. The zero-order valence-electron chi connectivity index (χ0n) is 14.9. The highest BCUT2D eigenvalue weighted by molar-refractivity contribution is 5.64. The molecule has 6 heteroatoms. The number of hydroxylamine groups is 1. The minimum absolute atomic E-state index is 0.635. The molecule has 26 heavy (non-hydrogen) atoms. The number of piperazine rings is 1. The fourth-order valence-corrected chi connectivity index (χ4v) is 3.01. The maximum absolute atomic E-state index is 9.09. The second kappa shape index (κ2) is 8.99. The highest BCUT2D eigenvalue weighted by atomic mass is 16.6. The molecule has 134 valence electrons. The summed E-state index contributed by atoms with van der Waals surface area (Å²) in [5.74, 6) is 1.04. The number of benzene rings is 1. The van der Waals surface area contributed by atoms with Gasteiger partial charge in [-0.3, -0.25) is 15.2 Å². The average Bonchev–Trinajstić information content (AvgIpc) is 2.72. The minimum Gasteiger partial charge on any atom is -0.354 e. The highest BCUT2D eigenvalue weighted by Crippen LogP contribution is 2.15. The van der Waals surface area contributed by atoms with Gasteiger partial charge in [-0.25, -0.2) is 4.98 Å². The van der Waals surface area contributed by atoms with Crippen LogP contribution in [0.4, 0.5) is 5.82 Å². The Morgan fingerprint density at radius 3 is 2.77 bits per heavy atom. The Hall–Kier alpha value is -2.88. The number of rotatable bonds is 6. The molecule has 3 rings (SSSR count). The van der Waals surface area contributed by atoms with Gasteiger partial charge in [0.2, 0.25) is 0 Å². The van der Waals surface area contributed by atoms with Gasteiger partial charge in [0.15, 0.2) is 0 Å². The zero-order chi connectivity index (χ0) is 18.2. The van der Waals surface area contributed by atoms with Crippen molar-refractivity contribution in [1.29, 1.82) is 5.26 Å². The summed E-state index contributed by atoms with van der Waals surface area (Å²) in [5, 5.41) is 9.09. The first-order valence-electron chi connectivity index (χ1n) is 8.68. The second-order valence-electron chi connectivity index (χ2n) is 6.09. The molecule has 0 spiro atoms. The van der Waals surface area contributed by atoms with E-state index >= 15 is 0 Å². The Kier molecular flexibility index (Phi) is 6.20. The van der Waals surface area contributed by atoms with E-state index in [0.717, 1.165) is 49.8 Å². The number of nitriles is 1. The SMILES string of the molecule is CONC(=CCN1CCN(c2ccccn2)CC1)c1cccc(C#N)c1. The van der Waals surface area contributed by atoms with Crippen LogP contribution >= 0.6 is 0 Å². The lowest BCUT2D eigenvalue weighted by Gasteiger charge is -2.35. The van der Waals surface area contributed by atoms with Gasteiger partial charge in [0, 0.05) is 44.5 Å². The van der Waals surface area contributed by atoms with E-state index in [9.17, 15) is 0 Å². The number of hydrogen-bond acceptors (Lipinski definition) is 6. The van der Waals surface area contributed by atoms with E-state index in [2.05, 4.69) is 38.5 Å². The molecule has 0 radical (unpaired) electrons. The molecule has 0 amide bonds. The van der Waals surface area contributed by atoms with Crippen LogP contribution in [0.1, 0.15) is 11.1 Å². The molecule has 1 aliphatic rings. The lowest BCUT2D eigenvalue weighted by atomic mass is 10.1. The van der Waals surface area contributed by atoms with Crippen molar-refractivity contribution < 1.29 is 4.84 Å². The van der Waals surface area contributed by atoms with Gasteiger partial charge in [0.1, 0.15) is 5.82 Å². The largest absolute Gasteiger partial charge is 0.354 e. The van der Waals surface area contributed by atoms with Crippen LogP contribution in [0.15, 0.2) is 54.7 Å². The Morgan fingerprint density at radius 2 is 2.08 bits per heavy atom. The molecular weight excluding hydrogens is 326 g/mol. The molecule has 0 unspecified atom stereocenters. The van der Waals surface area contributed by atoms with E-state index in [0.29, 0.717) is 5.56 Å². The molecule has 2 aromatic rings. The Morgan fingerprint density at radius 1 is 1.23 bits per heavy atom. The van der Waals surface area contributed by atoms with E-state index in [4.69, 9.17) is 10.1 Å². The Balaban J connectivity index is 1.61. The maximum atomic E-state index is 9.09. The van der Waals surface area contributed by atoms with E-state index in [1.807, 2.05) is 36.5 Å². The van der Waals surface area contributed by atoms with Crippen molar-refractivity contribution >= 4 is 11.5 Å². The standard InChI is InChI=1S/C20H23N5O/c1-26-23-19(18-6-4-5-17(15-18)16-21)8-10-24-11-13-25(14-12-24)20-7-2-3-9-22-20/h2-9,15,23H,10-14H2,1H3. The zero-order valence-corrected chi connectivity index (χ0v) is 14.9. The summed E-state index contributed by atoms with van der Waals surface area (Å²) >= 11 is 0. The van der Waals surface area contributed by atoms with Gasteiger partial charge in [-0.15, -0.1) is 0 Å². The van der Waals surface area contributed by atoms with Crippen LogP contribution in [0.5, 0.6) is 0 Å². The number of nitrogens with one attached hydrogen (secondary N) is 1. The summed E-state index contributed by atoms with van der Waals surface area (Å²) in [6.07, 6.45) is 3.94. The third-order valence-corrected chi connectivity index (χ3v) is 4.41. The summed E-state index contributed by atoms with van der Waals surface area (Å²) in [4.78, 5) is 14.2. The lowest BCUT2D eigenvalue weighted by Crippen LogP contribution is -2.46. The van der Waals surface area contributed by atoms with E-state index in [1.54, 1.807) is 13.2 Å². The number of aromatic nitrogens is 1. The van der Waals surface area contributed by atoms with Gasteiger partial charge in [-0.1, -0.05) is 18.2 Å². The fourth-order valence-electron chi connectivity index (χ4n) is 3.01. The lowest BCUT2D eigenvalue weighted by molar-refractivity contribution is 0.136. The van der Waals surface area contributed by atoms with Crippen LogP contribution in [-0.2, 0) is 4.84 Å². The predicted molar refractivity (Wildman–Crippen MR) is 102 cm³/mol. The fraction of sp³-hybridized carbons (Fsp3) is 0.300. The third kappa shape index (κ3) is 4.60. The van der Waals surface area contributed by atoms with Gasteiger partial charge >= 0.3 is 0 Å². The van der Waals surface area contributed by atoms with Crippen LogP contribution in [0, 0.1) is 11.3 Å². The Labute approximate surface area is 154 Å². The minimum atomic E-state index is 0.635. The normalized spacial score (nSPS) is 15.5. The summed E-state index contributed by atoms with van der Waals surface area (Å²) < 4.78 is 0. The van der Waals surface area contributed by atoms with Gasteiger partial charge < -0.3 is 4.90 Å². The molecular formula is C20H23N5O. The van der Waals surface area contributed by atoms with E-state index in [-0.39, 0.29) is 0 Å². The van der Waals surface area contributed by atoms with Crippen LogP contribution in [-0.4, -0.2) is 49.7 Å². The van der Waals surface area contributed by atoms with Gasteiger partial charge in [-0.05, 0) is 30.3 Å². The van der Waals surface area contributed by atoms with Gasteiger partial charge in [-0.2, -0.15) is 5.26 Å². The predicted octanol–water partition coefficient (Wildman–Crippen LogP) is 2.27. The summed E-state index contributed by atoms with van der Waals surface area (Å²) in [7, 11) is 1.59. The van der Waals surface area contributed by atoms with Crippen molar-refractivity contribution in [3.63, 3.8) is 0 Å². The van der Waals surface area contributed by atoms with E-state index < -0.39 is 0 Å². The molecule has 1 aliphatic heterocycles. The Bertz CT molecular complexity index is 776. The molecule has 1 aromatic heterocycles. The van der Waals surface area contributed by atoms with Crippen LogP contribution in [0.25, 0.3) is 5.70 Å². The summed E-state index contributed by atoms with van der Waals surface area (Å²) in [6.45, 7) is 4.69. The van der Waals surface area contributed by atoms with Gasteiger partial charge in [0.25, 0.3) is 0 Å². The van der Waals surface area contributed by atoms with Crippen molar-refractivity contribution in [2.75, 3.05) is 44.7 Å². The molecule has 1 aromatic carbocycles. The van der Waals surface area contributed by atoms with Crippen LogP contribution < -0.4 is 10.4 Å². The maximum Gasteiger partial charge on any atom is 0.128 e. The second-order valence-corrected chi connectivity index (χ2v) is 6.09. The smallest absolute Gasteiger partial charge is 0.128 e. The first kappa shape index (κ1) is 17.9. The summed E-state index contributed by atoms with van der Waals surface area (Å²) in [6, 6.07) is 15.7. The monoisotopic (exact) mass is 349 g/mol. The van der Waals surface area contributed by atoms with Crippen molar-refractivity contribution in [3.05, 3.63) is 65.9 Å². The molecule has 0 atom stereocenters. The van der Waals surface area contributed by atoms with Crippen LogP contribution in [0.2, 0.25) is 0 Å². The number of nitrogens with zero attached hydrogens (tertiary/aromatic N) is 4. The van der Waals surface area contributed by atoms with E-state index in [1.165, 1.54) is 0 Å². The van der Waals surface area contributed by atoms with Crippen molar-refractivity contribution in [2.24, 2.45) is 0 Å². The molecule has 0 saturated carbocycles. The summed E-state index contributed by atoms with van der Waals surface area (Å²) in [5.41, 5.74) is 5.38. The first-order chi connectivity index (χ1) is 12.8. The number of hydrogen-bond donors (Lipinski definition) is 1. The number of anilines is 1. The molecule has 6 nitrogen and oxygen atoms in total. The van der Waals surface area contributed by atoms with Gasteiger partial charge in [0.05, 0.1) is 24.4 Å². The molecule has 1 fully saturated rings. The molecule has 1 saturated heterocycles. The number of pyridine rings is 1. The first-order valence-corrected chi connectivity index (χ1v) is 8.68. The van der Waals surface area contributed by atoms with Crippen molar-refractivity contribution in [2.45, 2.75) is 0 Å². The molecule has 2 heterocycles. The third-order valence-electron chi connectivity index (χ3n) is 4.41. The van der Waals surface area contributed by atoms with Crippen molar-refractivity contribution in [3.8, 4) is 6.07 Å². The van der Waals surface area contributed by atoms with Crippen LogP contribution in [0.3, 0.4) is 0 Å². The molecule has 1 N–H and O–H groups in total. The molecule has 0 bridgehead atoms. The average molecular weight is 349 g/mol. The topological polar surface area (TPSA) is 64.4 Å². The highest BCUT2D eigenvalue weighted by Gasteiger charge is 2.17.